The fourth-order valence-corrected chi connectivity index (χ4v) is 0.965. The summed E-state index contributed by atoms with van der Waals surface area (Å²) in [5, 5.41) is 8.39. The Hall–Kier alpha value is -0.120. The van der Waals surface area contributed by atoms with Crippen LogP contribution in [0.4, 0.5) is 0 Å². The SMILES string of the molecule is CCCC(C)OCCOCCO. The van der Waals surface area contributed by atoms with Crippen LogP contribution in [-0.4, -0.2) is 37.6 Å². The Bertz CT molecular complexity index is 85.8. The normalized spacial score (nSPS) is 13.2. The average molecular weight is 176 g/mol. The van der Waals surface area contributed by atoms with Crippen LogP contribution in [0.5, 0.6) is 0 Å². The highest BCUT2D eigenvalue weighted by atomic mass is 16.5. The first-order valence-corrected chi connectivity index (χ1v) is 4.61. The lowest BCUT2D eigenvalue weighted by molar-refractivity contribution is 0.00138. The van der Waals surface area contributed by atoms with Crippen molar-refractivity contribution in [2.75, 3.05) is 26.4 Å². The molecule has 0 saturated carbocycles. The lowest BCUT2D eigenvalue weighted by atomic mass is 10.2. The lowest BCUT2D eigenvalue weighted by Gasteiger charge is -2.11. The highest BCUT2D eigenvalue weighted by Crippen LogP contribution is 1.99. The molecule has 0 aromatic carbocycles. The lowest BCUT2D eigenvalue weighted by Crippen LogP contribution is -2.13. The zero-order chi connectivity index (χ0) is 9.23. The van der Waals surface area contributed by atoms with Crippen LogP contribution in [0.25, 0.3) is 0 Å². The maximum atomic E-state index is 8.39. The van der Waals surface area contributed by atoms with E-state index in [0.717, 1.165) is 12.8 Å². The summed E-state index contributed by atoms with van der Waals surface area (Å²) in [7, 11) is 0. The van der Waals surface area contributed by atoms with Crippen molar-refractivity contribution in [2.45, 2.75) is 32.8 Å². The van der Waals surface area contributed by atoms with Gasteiger partial charge in [-0.3, -0.25) is 0 Å². The topological polar surface area (TPSA) is 38.7 Å². The summed E-state index contributed by atoms with van der Waals surface area (Å²) in [5.74, 6) is 0. The summed E-state index contributed by atoms with van der Waals surface area (Å²) in [6.45, 7) is 5.91. The Balaban J connectivity index is 2.97. The first-order valence-electron chi connectivity index (χ1n) is 4.61. The minimum atomic E-state index is 0.0878. The van der Waals surface area contributed by atoms with Crippen molar-refractivity contribution in [3.8, 4) is 0 Å². The average Bonchev–Trinajstić information content (AvgIpc) is 2.05. The number of aliphatic hydroxyl groups is 1. The Morgan fingerprint density at radius 1 is 1.25 bits per heavy atom. The molecule has 0 aliphatic carbocycles. The van der Waals surface area contributed by atoms with Crippen molar-refractivity contribution in [3.63, 3.8) is 0 Å². The molecule has 0 fully saturated rings. The molecular formula is C9H20O3. The second-order valence-corrected chi connectivity index (χ2v) is 2.81. The summed E-state index contributed by atoms with van der Waals surface area (Å²) in [4.78, 5) is 0. The number of hydrogen-bond acceptors (Lipinski definition) is 3. The Morgan fingerprint density at radius 2 is 2.00 bits per heavy atom. The molecule has 0 heterocycles. The standard InChI is InChI=1S/C9H20O3/c1-3-4-9(2)12-8-7-11-6-5-10/h9-10H,3-8H2,1-2H3. The maximum Gasteiger partial charge on any atom is 0.0704 e. The predicted octanol–water partition coefficient (Wildman–Crippen LogP) is 1.20. The quantitative estimate of drug-likeness (QED) is 0.565. The van der Waals surface area contributed by atoms with Crippen LogP contribution in [0.1, 0.15) is 26.7 Å². The van der Waals surface area contributed by atoms with Gasteiger partial charge in [0.1, 0.15) is 0 Å². The van der Waals surface area contributed by atoms with E-state index in [1.54, 1.807) is 0 Å². The van der Waals surface area contributed by atoms with Gasteiger partial charge in [-0.25, -0.2) is 0 Å². The van der Waals surface area contributed by atoms with Crippen molar-refractivity contribution in [2.24, 2.45) is 0 Å². The van der Waals surface area contributed by atoms with E-state index in [-0.39, 0.29) is 6.61 Å². The van der Waals surface area contributed by atoms with Gasteiger partial charge in [-0.05, 0) is 13.3 Å². The molecule has 0 radical (unpaired) electrons. The van der Waals surface area contributed by atoms with Gasteiger partial charge < -0.3 is 14.6 Å². The molecule has 0 aromatic heterocycles. The molecule has 0 aromatic rings. The predicted molar refractivity (Wildman–Crippen MR) is 48.2 cm³/mol. The third kappa shape index (κ3) is 7.98. The zero-order valence-electron chi connectivity index (χ0n) is 8.08. The maximum absolute atomic E-state index is 8.39. The highest BCUT2D eigenvalue weighted by Gasteiger charge is 1.98. The van der Waals surface area contributed by atoms with Crippen molar-refractivity contribution in [1.29, 1.82) is 0 Å². The second kappa shape index (κ2) is 8.97. The molecule has 0 bridgehead atoms. The van der Waals surface area contributed by atoms with Crippen LogP contribution in [0, 0.1) is 0 Å². The Morgan fingerprint density at radius 3 is 2.58 bits per heavy atom. The fourth-order valence-electron chi connectivity index (χ4n) is 0.965. The van der Waals surface area contributed by atoms with E-state index in [0.29, 0.717) is 25.9 Å². The van der Waals surface area contributed by atoms with Gasteiger partial charge in [0.25, 0.3) is 0 Å². The molecule has 74 valence electrons. The van der Waals surface area contributed by atoms with Crippen molar-refractivity contribution in [1.82, 2.24) is 0 Å². The summed E-state index contributed by atoms with van der Waals surface area (Å²) < 4.78 is 10.5. The summed E-state index contributed by atoms with van der Waals surface area (Å²) in [6, 6.07) is 0. The van der Waals surface area contributed by atoms with E-state index in [1.807, 2.05) is 0 Å². The number of ether oxygens (including phenoxy) is 2. The Kier molecular flexibility index (Phi) is 8.88. The molecule has 1 atom stereocenters. The van der Waals surface area contributed by atoms with Gasteiger partial charge in [0.2, 0.25) is 0 Å². The molecular weight excluding hydrogens is 156 g/mol. The van der Waals surface area contributed by atoms with Gasteiger partial charge in [-0.2, -0.15) is 0 Å². The molecule has 0 spiro atoms. The monoisotopic (exact) mass is 176 g/mol. The van der Waals surface area contributed by atoms with Gasteiger partial charge in [0, 0.05) is 0 Å². The highest BCUT2D eigenvalue weighted by molar-refractivity contribution is 4.47. The van der Waals surface area contributed by atoms with Crippen molar-refractivity contribution >= 4 is 0 Å². The van der Waals surface area contributed by atoms with E-state index in [1.165, 1.54) is 0 Å². The van der Waals surface area contributed by atoms with Crippen LogP contribution in [-0.2, 0) is 9.47 Å². The van der Waals surface area contributed by atoms with Crippen LogP contribution >= 0.6 is 0 Å². The van der Waals surface area contributed by atoms with Crippen LogP contribution in [0.3, 0.4) is 0 Å². The molecule has 1 N–H and O–H groups in total. The first kappa shape index (κ1) is 11.9. The first-order chi connectivity index (χ1) is 5.81. The number of aliphatic hydroxyl groups excluding tert-OH is 1. The van der Waals surface area contributed by atoms with Gasteiger partial charge >= 0.3 is 0 Å². The van der Waals surface area contributed by atoms with Gasteiger partial charge in [-0.1, -0.05) is 13.3 Å². The molecule has 0 saturated heterocycles. The molecule has 3 nitrogen and oxygen atoms in total. The third-order valence-electron chi connectivity index (χ3n) is 1.56. The Labute approximate surface area is 74.7 Å². The number of rotatable bonds is 8. The molecule has 12 heavy (non-hydrogen) atoms. The molecule has 1 unspecified atom stereocenters. The summed E-state index contributed by atoms with van der Waals surface area (Å²) in [5.41, 5.74) is 0. The van der Waals surface area contributed by atoms with E-state index in [9.17, 15) is 0 Å². The largest absolute Gasteiger partial charge is 0.394 e. The van der Waals surface area contributed by atoms with Crippen molar-refractivity contribution < 1.29 is 14.6 Å². The van der Waals surface area contributed by atoms with E-state index in [2.05, 4.69) is 13.8 Å². The smallest absolute Gasteiger partial charge is 0.0704 e. The van der Waals surface area contributed by atoms with E-state index < -0.39 is 0 Å². The minimum Gasteiger partial charge on any atom is -0.394 e. The van der Waals surface area contributed by atoms with E-state index >= 15 is 0 Å². The van der Waals surface area contributed by atoms with E-state index in [4.69, 9.17) is 14.6 Å². The van der Waals surface area contributed by atoms with Crippen molar-refractivity contribution in [3.05, 3.63) is 0 Å². The summed E-state index contributed by atoms with van der Waals surface area (Å²) >= 11 is 0. The second-order valence-electron chi connectivity index (χ2n) is 2.81. The van der Waals surface area contributed by atoms with Crippen LogP contribution in [0.2, 0.25) is 0 Å². The van der Waals surface area contributed by atoms with Crippen LogP contribution < -0.4 is 0 Å². The van der Waals surface area contributed by atoms with Gasteiger partial charge in [0.15, 0.2) is 0 Å². The molecule has 0 aliphatic rings. The molecule has 0 aliphatic heterocycles. The minimum absolute atomic E-state index is 0.0878. The molecule has 3 heteroatoms. The third-order valence-corrected chi connectivity index (χ3v) is 1.56. The van der Waals surface area contributed by atoms with Gasteiger partial charge in [0.05, 0.1) is 32.5 Å². The molecule has 0 amide bonds. The zero-order valence-corrected chi connectivity index (χ0v) is 8.08. The summed E-state index contributed by atoms with van der Waals surface area (Å²) in [6.07, 6.45) is 2.58. The molecule has 0 rings (SSSR count). The van der Waals surface area contributed by atoms with Gasteiger partial charge in [-0.15, -0.1) is 0 Å². The van der Waals surface area contributed by atoms with Crippen LogP contribution in [0.15, 0.2) is 0 Å². The fraction of sp³-hybridized carbons (Fsp3) is 1.00. The number of hydrogen-bond donors (Lipinski definition) is 1.